The van der Waals surface area contributed by atoms with E-state index in [-0.39, 0.29) is 0 Å². The second-order valence-electron chi connectivity index (χ2n) is 4.40. The van der Waals surface area contributed by atoms with Crippen molar-refractivity contribution in [1.82, 2.24) is 0 Å². The third-order valence-electron chi connectivity index (χ3n) is 3.44. The minimum absolute atomic E-state index is 0.709. The number of rotatable bonds is 1. The Kier molecular flexibility index (Phi) is 2.58. The molecular formula is C15H14O3. The fourth-order valence-corrected chi connectivity index (χ4v) is 2.58. The Bertz CT molecular complexity index is 592. The number of hydrogen-bond acceptors (Lipinski definition) is 3. The summed E-state index contributed by atoms with van der Waals surface area (Å²) in [5.41, 5.74) is 3.23. The monoisotopic (exact) mass is 242 g/mol. The number of fused-ring (bicyclic) bond motifs is 3. The van der Waals surface area contributed by atoms with Crippen LogP contribution in [0.25, 0.3) is 11.1 Å². The van der Waals surface area contributed by atoms with Crippen LogP contribution in [0.5, 0.6) is 5.75 Å². The molecule has 1 aliphatic rings. The molecule has 0 saturated carbocycles. The third kappa shape index (κ3) is 1.45. The number of aliphatic hydroxyl groups is 2. The molecule has 18 heavy (non-hydrogen) atoms. The summed E-state index contributed by atoms with van der Waals surface area (Å²) in [6.07, 6.45) is -1.80. The van der Waals surface area contributed by atoms with Gasteiger partial charge in [-0.3, -0.25) is 0 Å². The molecule has 0 bridgehead atoms. The van der Waals surface area contributed by atoms with Crippen LogP contribution in [0.1, 0.15) is 23.3 Å². The minimum Gasteiger partial charge on any atom is -0.496 e. The lowest BCUT2D eigenvalue weighted by molar-refractivity contribution is 0.0156. The molecule has 2 atom stereocenters. The van der Waals surface area contributed by atoms with Gasteiger partial charge in [0, 0.05) is 5.56 Å². The van der Waals surface area contributed by atoms with Crippen LogP contribution in [0.2, 0.25) is 0 Å². The minimum atomic E-state index is -0.912. The lowest BCUT2D eigenvalue weighted by atomic mass is 9.81. The second-order valence-corrected chi connectivity index (χ2v) is 4.40. The standard InChI is InChI=1S/C15H14O3/c1-18-12-8-4-7-11-13(12)9-5-2-3-6-10(9)14(16)15(11)17/h2-8,14-17H,1H3/t14-,15-/m0/s1. The zero-order chi connectivity index (χ0) is 12.7. The smallest absolute Gasteiger partial charge is 0.127 e. The highest BCUT2D eigenvalue weighted by atomic mass is 16.5. The van der Waals surface area contributed by atoms with E-state index >= 15 is 0 Å². The molecule has 0 aliphatic heterocycles. The van der Waals surface area contributed by atoms with Gasteiger partial charge in [0.1, 0.15) is 18.0 Å². The summed E-state index contributed by atoms with van der Waals surface area (Å²) in [4.78, 5) is 0. The molecule has 0 radical (unpaired) electrons. The van der Waals surface area contributed by atoms with Gasteiger partial charge in [-0.05, 0) is 22.8 Å². The number of aliphatic hydroxyl groups excluding tert-OH is 2. The molecular weight excluding hydrogens is 228 g/mol. The quantitative estimate of drug-likeness (QED) is 0.807. The van der Waals surface area contributed by atoms with E-state index in [1.807, 2.05) is 42.5 Å². The van der Waals surface area contributed by atoms with Crippen molar-refractivity contribution < 1.29 is 14.9 Å². The van der Waals surface area contributed by atoms with Crippen LogP contribution in [0.15, 0.2) is 42.5 Å². The number of methoxy groups -OCH3 is 1. The van der Waals surface area contributed by atoms with Crippen LogP contribution < -0.4 is 4.74 Å². The lowest BCUT2D eigenvalue weighted by Gasteiger charge is -2.30. The first kappa shape index (κ1) is 11.3. The van der Waals surface area contributed by atoms with Gasteiger partial charge in [0.2, 0.25) is 0 Å². The average Bonchev–Trinajstić information content (AvgIpc) is 2.44. The van der Waals surface area contributed by atoms with Crippen molar-refractivity contribution in [3.05, 3.63) is 53.6 Å². The molecule has 1 aliphatic carbocycles. The number of ether oxygens (including phenoxy) is 1. The second kappa shape index (κ2) is 4.12. The van der Waals surface area contributed by atoms with E-state index in [9.17, 15) is 10.2 Å². The maximum Gasteiger partial charge on any atom is 0.127 e. The normalized spacial score (nSPS) is 21.1. The fraction of sp³-hybridized carbons (Fsp3) is 0.200. The van der Waals surface area contributed by atoms with E-state index < -0.39 is 12.2 Å². The van der Waals surface area contributed by atoms with E-state index in [0.29, 0.717) is 11.3 Å². The molecule has 0 heterocycles. The summed E-state index contributed by atoms with van der Waals surface area (Å²) in [5.74, 6) is 0.714. The van der Waals surface area contributed by atoms with Crippen molar-refractivity contribution in [2.75, 3.05) is 7.11 Å². The zero-order valence-electron chi connectivity index (χ0n) is 10.00. The van der Waals surface area contributed by atoms with Crippen LogP contribution in [0.3, 0.4) is 0 Å². The summed E-state index contributed by atoms with van der Waals surface area (Å²) in [5, 5.41) is 20.3. The maximum atomic E-state index is 10.2. The van der Waals surface area contributed by atoms with Crippen LogP contribution >= 0.6 is 0 Å². The van der Waals surface area contributed by atoms with E-state index in [4.69, 9.17) is 4.74 Å². The summed E-state index contributed by atoms with van der Waals surface area (Å²) >= 11 is 0. The van der Waals surface area contributed by atoms with Crippen LogP contribution in [0, 0.1) is 0 Å². The van der Waals surface area contributed by atoms with Crippen molar-refractivity contribution >= 4 is 0 Å². The van der Waals surface area contributed by atoms with Crippen LogP contribution in [0.4, 0.5) is 0 Å². The van der Waals surface area contributed by atoms with Gasteiger partial charge >= 0.3 is 0 Å². The molecule has 3 heteroatoms. The van der Waals surface area contributed by atoms with Gasteiger partial charge < -0.3 is 14.9 Å². The molecule has 0 saturated heterocycles. The molecule has 0 amide bonds. The van der Waals surface area contributed by atoms with E-state index in [1.54, 1.807) is 7.11 Å². The Hall–Kier alpha value is -1.84. The highest BCUT2D eigenvalue weighted by Crippen LogP contribution is 2.47. The van der Waals surface area contributed by atoms with Crippen molar-refractivity contribution in [2.45, 2.75) is 12.2 Å². The summed E-state index contributed by atoms with van der Waals surface area (Å²) in [7, 11) is 1.61. The van der Waals surface area contributed by atoms with E-state index in [0.717, 1.165) is 16.7 Å². The highest BCUT2D eigenvalue weighted by molar-refractivity contribution is 5.79. The SMILES string of the molecule is COc1cccc2c1-c1ccccc1[C@H](O)[C@H]2O. The summed E-state index contributed by atoms with van der Waals surface area (Å²) < 4.78 is 5.36. The molecule has 0 aromatic heterocycles. The van der Waals surface area contributed by atoms with Gasteiger partial charge in [-0.1, -0.05) is 36.4 Å². The van der Waals surface area contributed by atoms with Gasteiger partial charge in [0.25, 0.3) is 0 Å². The molecule has 0 spiro atoms. The van der Waals surface area contributed by atoms with E-state index in [2.05, 4.69) is 0 Å². The van der Waals surface area contributed by atoms with Gasteiger partial charge in [-0.25, -0.2) is 0 Å². The predicted molar refractivity (Wildman–Crippen MR) is 68.3 cm³/mol. The van der Waals surface area contributed by atoms with Crippen molar-refractivity contribution in [3.63, 3.8) is 0 Å². The molecule has 2 N–H and O–H groups in total. The molecule has 92 valence electrons. The van der Waals surface area contributed by atoms with E-state index in [1.165, 1.54) is 0 Å². The summed E-state index contributed by atoms with van der Waals surface area (Å²) in [6, 6.07) is 13.0. The van der Waals surface area contributed by atoms with Gasteiger partial charge in [-0.2, -0.15) is 0 Å². The molecule has 2 aromatic carbocycles. The largest absolute Gasteiger partial charge is 0.496 e. The first-order chi connectivity index (χ1) is 8.74. The Morgan fingerprint density at radius 1 is 0.889 bits per heavy atom. The van der Waals surface area contributed by atoms with Crippen LogP contribution in [-0.4, -0.2) is 17.3 Å². The van der Waals surface area contributed by atoms with Crippen molar-refractivity contribution in [3.8, 4) is 16.9 Å². The molecule has 3 rings (SSSR count). The lowest BCUT2D eigenvalue weighted by Crippen LogP contribution is -2.17. The first-order valence-electron chi connectivity index (χ1n) is 5.86. The zero-order valence-corrected chi connectivity index (χ0v) is 10.00. The summed E-state index contributed by atoms with van der Waals surface area (Å²) in [6.45, 7) is 0. The van der Waals surface area contributed by atoms with Gasteiger partial charge in [0.05, 0.1) is 7.11 Å². The van der Waals surface area contributed by atoms with Gasteiger partial charge in [-0.15, -0.1) is 0 Å². The maximum absolute atomic E-state index is 10.2. The number of hydrogen-bond donors (Lipinski definition) is 2. The topological polar surface area (TPSA) is 49.7 Å². The predicted octanol–water partition coefficient (Wildman–Crippen LogP) is 2.44. The Balaban J connectivity index is 2.35. The Morgan fingerprint density at radius 2 is 1.56 bits per heavy atom. The third-order valence-corrected chi connectivity index (χ3v) is 3.44. The first-order valence-corrected chi connectivity index (χ1v) is 5.86. The number of benzene rings is 2. The average molecular weight is 242 g/mol. The molecule has 0 unspecified atom stereocenters. The fourth-order valence-electron chi connectivity index (χ4n) is 2.58. The highest BCUT2D eigenvalue weighted by Gasteiger charge is 2.32. The van der Waals surface area contributed by atoms with Crippen LogP contribution in [-0.2, 0) is 0 Å². The Labute approximate surface area is 105 Å². The van der Waals surface area contributed by atoms with Gasteiger partial charge in [0.15, 0.2) is 0 Å². The molecule has 2 aromatic rings. The Morgan fingerprint density at radius 3 is 2.33 bits per heavy atom. The molecule has 3 nitrogen and oxygen atoms in total. The molecule has 0 fully saturated rings. The van der Waals surface area contributed by atoms with Crippen molar-refractivity contribution in [2.24, 2.45) is 0 Å². The van der Waals surface area contributed by atoms with Crippen molar-refractivity contribution in [1.29, 1.82) is 0 Å².